The van der Waals surface area contributed by atoms with Crippen LogP contribution in [0.4, 0.5) is 11.4 Å². The van der Waals surface area contributed by atoms with Gasteiger partial charge in [0.2, 0.25) is 0 Å². The standard InChI is InChI=1S/C28H18N2O5/c31-17-35-21-15-11-19(12-16-21)30-27(34)23-6-2-4-8-25(23)28(30)24-7-3-1-5-22(24)26(33)29(28)18-9-13-20(32)14-10-18/h1-17,32H. The highest BCUT2D eigenvalue weighted by Crippen LogP contribution is 2.55. The SMILES string of the molecule is O=COc1ccc(N2C(=O)c3ccccc3C23c2ccccc2C(=O)N3c2ccc(O)cc2)cc1. The van der Waals surface area contributed by atoms with Gasteiger partial charge < -0.3 is 9.84 Å². The van der Waals surface area contributed by atoms with Gasteiger partial charge in [-0.1, -0.05) is 36.4 Å². The molecule has 7 heteroatoms. The molecule has 35 heavy (non-hydrogen) atoms. The van der Waals surface area contributed by atoms with Crippen molar-refractivity contribution in [1.82, 2.24) is 0 Å². The van der Waals surface area contributed by atoms with E-state index in [-0.39, 0.29) is 17.6 Å². The van der Waals surface area contributed by atoms with Crippen LogP contribution in [0, 0.1) is 0 Å². The third kappa shape index (κ3) is 2.75. The summed E-state index contributed by atoms with van der Waals surface area (Å²) in [5, 5.41) is 9.89. The van der Waals surface area contributed by atoms with Gasteiger partial charge in [-0.2, -0.15) is 0 Å². The molecule has 0 radical (unpaired) electrons. The average molecular weight is 462 g/mol. The fraction of sp³-hybridized carbons (Fsp3) is 0.0357. The summed E-state index contributed by atoms with van der Waals surface area (Å²) in [6, 6.07) is 27.4. The zero-order chi connectivity index (χ0) is 24.2. The molecule has 2 amide bonds. The lowest BCUT2D eigenvalue weighted by Gasteiger charge is -2.43. The van der Waals surface area contributed by atoms with Gasteiger partial charge in [0.1, 0.15) is 11.5 Å². The molecule has 0 aliphatic carbocycles. The molecule has 2 heterocycles. The molecule has 1 atom stereocenters. The number of anilines is 2. The van der Waals surface area contributed by atoms with E-state index in [0.717, 1.165) is 0 Å². The van der Waals surface area contributed by atoms with E-state index in [2.05, 4.69) is 0 Å². The number of rotatable bonds is 4. The molecule has 6 rings (SSSR count). The second-order valence-electron chi connectivity index (χ2n) is 8.27. The van der Waals surface area contributed by atoms with Gasteiger partial charge in [-0.05, 0) is 60.7 Å². The van der Waals surface area contributed by atoms with Crippen LogP contribution in [0.25, 0.3) is 0 Å². The van der Waals surface area contributed by atoms with Crippen LogP contribution in [0.2, 0.25) is 0 Å². The molecule has 0 aromatic heterocycles. The van der Waals surface area contributed by atoms with Crippen LogP contribution in [0.5, 0.6) is 11.5 Å². The molecule has 0 saturated heterocycles. The monoisotopic (exact) mass is 462 g/mol. The quantitative estimate of drug-likeness (QED) is 0.453. The first-order valence-electron chi connectivity index (χ1n) is 10.9. The summed E-state index contributed by atoms with van der Waals surface area (Å²) in [4.78, 5) is 41.9. The van der Waals surface area contributed by atoms with E-state index in [1.165, 1.54) is 12.1 Å². The largest absolute Gasteiger partial charge is 0.508 e. The van der Waals surface area contributed by atoms with Crippen LogP contribution in [0.15, 0.2) is 97.1 Å². The summed E-state index contributed by atoms with van der Waals surface area (Å²) in [6.45, 7) is 0.339. The van der Waals surface area contributed by atoms with Gasteiger partial charge in [-0.25, -0.2) is 0 Å². The van der Waals surface area contributed by atoms with Gasteiger partial charge in [-0.3, -0.25) is 24.2 Å². The summed E-state index contributed by atoms with van der Waals surface area (Å²) in [5.74, 6) is -0.127. The number of hydrogen-bond donors (Lipinski definition) is 1. The van der Waals surface area contributed by atoms with E-state index in [0.29, 0.717) is 45.9 Å². The minimum atomic E-state index is -1.30. The third-order valence-corrected chi connectivity index (χ3v) is 6.51. The number of aromatic hydroxyl groups is 1. The zero-order valence-corrected chi connectivity index (χ0v) is 18.3. The Bertz CT molecular complexity index is 1480. The maximum absolute atomic E-state index is 14.0. The number of phenolic OH excluding ortho intramolecular Hbond substituents is 1. The molecular formula is C28H18N2O5. The number of amides is 2. The van der Waals surface area contributed by atoms with Crippen molar-refractivity contribution in [3.8, 4) is 11.5 Å². The summed E-state index contributed by atoms with van der Waals surface area (Å²) >= 11 is 0. The topological polar surface area (TPSA) is 87.2 Å². The number of fused-ring (bicyclic) bond motifs is 4. The Hall–Kier alpha value is -4.91. The van der Waals surface area contributed by atoms with Gasteiger partial charge >= 0.3 is 0 Å². The van der Waals surface area contributed by atoms with Crippen LogP contribution in [0.1, 0.15) is 31.8 Å². The van der Waals surface area contributed by atoms with Crippen LogP contribution < -0.4 is 14.5 Å². The van der Waals surface area contributed by atoms with E-state index >= 15 is 0 Å². The number of benzene rings is 4. The first-order chi connectivity index (χ1) is 17.1. The van der Waals surface area contributed by atoms with Crippen molar-refractivity contribution in [2.24, 2.45) is 0 Å². The lowest BCUT2D eigenvalue weighted by Crippen LogP contribution is -2.56. The van der Waals surface area contributed by atoms with Crippen LogP contribution >= 0.6 is 0 Å². The van der Waals surface area contributed by atoms with Crippen molar-refractivity contribution in [3.05, 3.63) is 119 Å². The van der Waals surface area contributed by atoms with E-state index in [9.17, 15) is 19.5 Å². The number of nitrogens with zero attached hydrogens (tertiary/aromatic N) is 2. The Labute approximate surface area is 200 Å². The minimum Gasteiger partial charge on any atom is -0.508 e. The van der Waals surface area contributed by atoms with Gasteiger partial charge in [0.15, 0.2) is 5.66 Å². The number of carbonyl (C=O) groups excluding carboxylic acids is 3. The van der Waals surface area contributed by atoms with E-state index in [1.54, 1.807) is 70.5 Å². The van der Waals surface area contributed by atoms with Gasteiger partial charge in [-0.15, -0.1) is 0 Å². The van der Waals surface area contributed by atoms with Crippen LogP contribution in [-0.4, -0.2) is 23.4 Å². The van der Waals surface area contributed by atoms with E-state index in [4.69, 9.17) is 4.74 Å². The van der Waals surface area contributed by atoms with Crippen molar-refractivity contribution >= 4 is 29.7 Å². The predicted molar refractivity (Wildman–Crippen MR) is 129 cm³/mol. The van der Waals surface area contributed by atoms with Crippen LogP contribution in [0.3, 0.4) is 0 Å². The highest BCUT2D eigenvalue weighted by atomic mass is 16.5. The lowest BCUT2D eigenvalue weighted by atomic mass is 9.89. The van der Waals surface area contributed by atoms with Gasteiger partial charge in [0.05, 0.1) is 0 Å². The molecule has 1 N–H and O–H groups in total. The number of hydrogen-bond acceptors (Lipinski definition) is 5. The van der Waals surface area contributed by atoms with Crippen molar-refractivity contribution in [2.45, 2.75) is 5.66 Å². The summed E-state index contributed by atoms with van der Waals surface area (Å²) in [5.41, 5.74) is 2.06. The van der Waals surface area contributed by atoms with E-state index in [1.807, 2.05) is 24.3 Å². The average Bonchev–Trinajstić information content (AvgIpc) is 3.30. The molecule has 2 aliphatic heterocycles. The first-order valence-corrected chi connectivity index (χ1v) is 10.9. The maximum Gasteiger partial charge on any atom is 0.298 e. The molecule has 7 nitrogen and oxygen atoms in total. The fourth-order valence-corrected chi connectivity index (χ4v) is 5.15. The second-order valence-corrected chi connectivity index (χ2v) is 8.27. The first kappa shape index (κ1) is 20.7. The van der Waals surface area contributed by atoms with Crippen molar-refractivity contribution < 1.29 is 24.2 Å². The molecule has 1 unspecified atom stereocenters. The molecular weight excluding hydrogens is 444 g/mol. The molecule has 0 bridgehead atoms. The summed E-state index contributed by atoms with van der Waals surface area (Å²) < 4.78 is 4.93. The van der Waals surface area contributed by atoms with Crippen molar-refractivity contribution in [2.75, 3.05) is 9.80 Å². The molecule has 4 aromatic rings. The van der Waals surface area contributed by atoms with Crippen molar-refractivity contribution in [3.63, 3.8) is 0 Å². The number of ether oxygens (including phenoxy) is 1. The Morgan fingerprint density at radius 2 is 1.11 bits per heavy atom. The minimum absolute atomic E-state index is 0.0671. The molecule has 4 aromatic carbocycles. The summed E-state index contributed by atoms with van der Waals surface area (Å²) in [7, 11) is 0. The normalized spacial score (nSPS) is 18.1. The van der Waals surface area contributed by atoms with Crippen LogP contribution in [-0.2, 0) is 10.5 Å². The molecule has 0 saturated carbocycles. The lowest BCUT2D eigenvalue weighted by molar-refractivity contribution is -0.120. The summed E-state index contributed by atoms with van der Waals surface area (Å²) in [6.07, 6.45) is 0. The predicted octanol–water partition coefficient (Wildman–Crippen LogP) is 4.45. The van der Waals surface area contributed by atoms with Gasteiger partial charge in [0, 0.05) is 33.6 Å². The third-order valence-electron chi connectivity index (χ3n) is 6.51. The number of carbonyl (C=O) groups is 3. The second kappa shape index (κ2) is 7.56. The highest BCUT2D eigenvalue weighted by Gasteiger charge is 2.62. The number of phenols is 1. The molecule has 1 spiro atoms. The van der Waals surface area contributed by atoms with E-state index < -0.39 is 5.66 Å². The Morgan fingerprint density at radius 1 is 0.657 bits per heavy atom. The Morgan fingerprint density at radius 3 is 1.60 bits per heavy atom. The van der Waals surface area contributed by atoms with Gasteiger partial charge in [0.25, 0.3) is 18.3 Å². The smallest absolute Gasteiger partial charge is 0.298 e. The maximum atomic E-state index is 14.0. The van der Waals surface area contributed by atoms with Crippen molar-refractivity contribution in [1.29, 1.82) is 0 Å². The highest BCUT2D eigenvalue weighted by molar-refractivity contribution is 6.21. The molecule has 170 valence electrons. The Kier molecular flexibility index (Phi) is 4.47. The fourth-order valence-electron chi connectivity index (χ4n) is 5.15. The zero-order valence-electron chi connectivity index (χ0n) is 18.3. The molecule has 2 aliphatic rings. The Balaban J connectivity index is 1.69. The molecule has 0 fully saturated rings.